The van der Waals surface area contributed by atoms with Crippen molar-refractivity contribution >= 4 is 10.1 Å². The highest BCUT2D eigenvalue weighted by atomic mass is 32.2. The molecule has 2 bridgehead atoms. The second-order valence-electron chi connectivity index (χ2n) is 5.27. The Hall–Kier alpha value is -0.990. The summed E-state index contributed by atoms with van der Waals surface area (Å²) in [4.78, 5) is 0.125. The quantitative estimate of drug-likeness (QED) is 0.600. The van der Waals surface area contributed by atoms with Crippen LogP contribution in [0.5, 0.6) is 0 Å². The van der Waals surface area contributed by atoms with Crippen LogP contribution in [-0.4, -0.2) is 45.7 Å². The Morgan fingerprint density at radius 1 is 1.15 bits per heavy atom. The first-order chi connectivity index (χ1) is 9.54. The van der Waals surface area contributed by atoms with Gasteiger partial charge in [0, 0.05) is 0 Å². The van der Waals surface area contributed by atoms with E-state index in [1.54, 1.807) is 12.1 Å². The number of benzene rings is 1. The summed E-state index contributed by atoms with van der Waals surface area (Å²) < 4.78 is 46.2. The van der Waals surface area contributed by atoms with Crippen molar-refractivity contribution in [3.05, 3.63) is 29.8 Å². The SMILES string of the molecule is Cc1ccc(S(=O)(=O)O[C@@H]2[C@H]3OC[C@@H](O3)[C@@H]3O[C@@H]23)cc1. The predicted molar refractivity (Wildman–Crippen MR) is 66.5 cm³/mol. The monoisotopic (exact) mass is 298 g/mol. The minimum Gasteiger partial charge on any atom is -0.364 e. The predicted octanol–water partition coefficient (Wildman–Crippen LogP) is 0.591. The topological polar surface area (TPSA) is 74.4 Å². The van der Waals surface area contributed by atoms with Crippen molar-refractivity contribution in [3.8, 4) is 0 Å². The van der Waals surface area contributed by atoms with Gasteiger partial charge in [0.2, 0.25) is 0 Å². The van der Waals surface area contributed by atoms with Gasteiger partial charge in [-0.25, -0.2) is 0 Å². The van der Waals surface area contributed by atoms with Gasteiger partial charge in [-0.3, -0.25) is 4.18 Å². The smallest absolute Gasteiger partial charge is 0.297 e. The molecule has 0 unspecified atom stereocenters. The van der Waals surface area contributed by atoms with Gasteiger partial charge in [0.05, 0.1) is 11.5 Å². The first-order valence-corrected chi connectivity index (χ1v) is 7.88. The zero-order chi connectivity index (χ0) is 13.9. The molecule has 3 fully saturated rings. The van der Waals surface area contributed by atoms with Gasteiger partial charge in [0.1, 0.15) is 18.3 Å². The van der Waals surface area contributed by atoms with Crippen LogP contribution in [0.25, 0.3) is 0 Å². The van der Waals surface area contributed by atoms with Crippen LogP contribution < -0.4 is 0 Å². The van der Waals surface area contributed by atoms with E-state index in [4.69, 9.17) is 18.4 Å². The van der Waals surface area contributed by atoms with Gasteiger partial charge >= 0.3 is 0 Å². The molecule has 0 spiro atoms. The van der Waals surface area contributed by atoms with Crippen LogP contribution in [0.2, 0.25) is 0 Å². The molecule has 0 amide bonds. The van der Waals surface area contributed by atoms with E-state index in [-0.39, 0.29) is 23.2 Å². The Labute approximate surface area is 116 Å². The molecule has 3 heterocycles. The fraction of sp³-hybridized carbons (Fsp3) is 0.538. The first kappa shape index (κ1) is 12.7. The van der Waals surface area contributed by atoms with Gasteiger partial charge in [-0.1, -0.05) is 17.7 Å². The minimum absolute atomic E-state index is 0.0908. The molecule has 0 aromatic heterocycles. The molecule has 0 aliphatic carbocycles. The van der Waals surface area contributed by atoms with Crippen molar-refractivity contribution in [2.45, 2.75) is 42.5 Å². The van der Waals surface area contributed by atoms with Crippen LogP contribution in [0, 0.1) is 6.92 Å². The standard InChI is InChI=1S/C13H14O6S/c1-7-2-4-8(5-3-7)20(14,15)19-12-11-10(18-11)9-6-16-13(12)17-9/h2-5,9-13H,6H2,1H3/t9-,10+,11-,12+,13+/m1/s1. The molecular formula is C13H14O6S. The molecule has 3 aliphatic rings. The maximum absolute atomic E-state index is 12.3. The third kappa shape index (κ3) is 1.97. The number of aryl methyl sites for hydroxylation is 1. The normalized spacial score (nSPS) is 38.5. The van der Waals surface area contributed by atoms with E-state index in [9.17, 15) is 8.42 Å². The molecule has 5 atom stereocenters. The summed E-state index contributed by atoms with van der Waals surface area (Å²) in [5.74, 6) is 0. The highest BCUT2D eigenvalue weighted by Crippen LogP contribution is 2.43. The summed E-state index contributed by atoms with van der Waals surface area (Å²) in [6.07, 6.45) is -1.84. The van der Waals surface area contributed by atoms with Gasteiger partial charge in [-0.15, -0.1) is 0 Å². The second-order valence-corrected chi connectivity index (χ2v) is 6.84. The highest BCUT2D eigenvalue weighted by Gasteiger charge is 2.63. The van der Waals surface area contributed by atoms with Gasteiger partial charge in [-0.2, -0.15) is 8.42 Å². The summed E-state index contributed by atoms with van der Waals surface area (Å²) in [6.45, 7) is 2.32. The van der Waals surface area contributed by atoms with Crippen LogP contribution in [-0.2, 0) is 28.5 Å². The largest absolute Gasteiger partial charge is 0.364 e. The lowest BCUT2D eigenvalue weighted by atomic mass is 10.1. The van der Waals surface area contributed by atoms with E-state index in [2.05, 4.69) is 0 Å². The van der Waals surface area contributed by atoms with Crippen molar-refractivity contribution in [3.63, 3.8) is 0 Å². The lowest BCUT2D eigenvalue weighted by Gasteiger charge is -2.23. The van der Waals surface area contributed by atoms with Crippen LogP contribution in [0.4, 0.5) is 0 Å². The molecular weight excluding hydrogens is 284 g/mol. The zero-order valence-corrected chi connectivity index (χ0v) is 11.6. The van der Waals surface area contributed by atoms with Gasteiger partial charge in [0.15, 0.2) is 12.4 Å². The van der Waals surface area contributed by atoms with Gasteiger partial charge in [0.25, 0.3) is 10.1 Å². The maximum Gasteiger partial charge on any atom is 0.297 e. The van der Waals surface area contributed by atoms with E-state index in [0.717, 1.165) is 5.56 Å². The first-order valence-electron chi connectivity index (χ1n) is 6.47. The highest BCUT2D eigenvalue weighted by molar-refractivity contribution is 7.86. The fourth-order valence-corrected chi connectivity index (χ4v) is 3.72. The minimum atomic E-state index is -3.85. The molecule has 0 N–H and O–H groups in total. The van der Waals surface area contributed by atoms with Crippen molar-refractivity contribution < 1.29 is 26.8 Å². The molecule has 1 aromatic carbocycles. The van der Waals surface area contributed by atoms with Gasteiger partial charge < -0.3 is 14.2 Å². The Morgan fingerprint density at radius 3 is 2.65 bits per heavy atom. The average molecular weight is 298 g/mol. The third-order valence-electron chi connectivity index (χ3n) is 3.80. The Morgan fingerprint density at radius 2 is 1.90 bits per heavy atom. The van der Waals surface area contributed by atoms with Crippen LogP contribution in [0.3, 0.4) is 0 Å². The molecule has 6 nitrogen and oxygen atoms in total. The average Bonchev–Trinajstić information content (AvgIpc) is 3.09. The van der Waals surface area contributed by atoms with Crippen molar-refractivity contribution in [1.29, 1.82) is 0 Å². The number of hydrogen-bond acceptors (Lipinski definition) is 6. The zero-order valence-electron chi connectivity index (χ0n) is 10.8. The Kier molecular flexibility index (Phi) is 2.71. The van der Waals surface area contributed by atoms with Crippen molar-refractivity contribution in [2.24, 2.45) is 0 Å². The lowest BCUT2D eigenvalue weighted by molar-refractivity contribution is -0.133. The summed E-state index contributed by atoms with van der Waals surface area (Å²) in [7, 11) is -3.85. The van der Waals surface area contributed by atoms with Crippen molar-refractivity contribution in [2.75, 3.05) is 6.61 Å². The van der Waals surface area contributed by atoms with Crippen LogP contribution in [0.1, 0.15) is 5.56 Å². The molecule has 20 heavy (non-hydrogen) atoms. The summed E-state index contributed by atoms with van der Waals surface area (Å²) >= 11 is 0. The number of rotatable bonds is 3. The number of hydrogen-bond donors (Lipinski definition) is 0. The molecule has 108 valence electrons. The lowest BCUT2D eigenvalue weighted by Crippen LogP contribution is -2.42. The molecule has 3 saturated heterocycles. The number of fused-ring (bicyclic) bond motifs is 4. The van der Waals surface area contributed by atoms with Crippen LogP contribution >= 0.6 is 0 Å². The molecule has 7 heteroatoms. The van der Waals surface area contributed by atoms with E-state index < -0.39 is 22.5 Å². The molecule has 0 saturated carbocycles. The maximum atomic E-state index is 12.3. The summed E-state index contributed by atoms with van der Waals surface area (Å²) in [5.41, 5.74) is 0.984. The van der Waals surface area contributed by atoms with E-state index in [0.29, 0.717) is 6.61 Å². The molecule has 3 aliphatic heterocycles. The molecule has 0 radical (unpaired) electrons. The third-order valence-corrected chi connectivity index (χ3v) is 5.13. The second kappa shape index (κ2) is 4.25. The summed E-state index contributed by atoms with van der Waals surface area (Å²) in [5, 5.41) is 0. The van der Waals surface area contributed by atoms with E-state index >= 15 is 0 Å². The molecule has 1 aromatic rings. The van der Waals surface area contributed by atoms with E-state index in [1.165, 1.54) is 12.1 Å². The molecule has 4 rings (SSSR count). The number of ether oxygens (including phenoxy) is 3. The Balaban J connectivity index is 1.57. The Bertz CT molecular complexity index is 625. The van der Waals surface area contributed by atoms with E-state index in [1.807, 2.05) is 6.92 Å². The van der Waals surface area contributed by atoms with Gasteiger partial charge in [-0.05, 0) is 19.1 Å². The summed E-state index contributed by atoms with van der Waals surface area (Å²) in [6, 6.07) is 6.51. The fourth-order valence-electron chi connectivity index (χ4n) is 2.65. The number of epoxide rings is 1. The van der Waals surface area contributed by atoms with Crippen molar-refractivity contribution in [1.82, 2.24) is 0 Å². The van der Waals surface area contributed by atoms with Crippen LogP contribution in [0.15, 0.2) is 29.2 Å².